The molecule has 1 aromatic carbocycles. The molecular weight excluding hydrogens is 231 g/mol. The van der Waals surface area contributed by atoms with Gasteiger partial charge in [-0.05, 0) is 6.07 Å². The number of benzene rings is 1. The lowest BCUT2D eigenvalue weighted by Crippen LogP contribution is -2.10. The minimum absolute atomic E-state index is 0.0407. The number of halogens is 1. The Hall–Kier alpha value is -2.18. The third-order valence-electron chi connectivity index (χ3n) is 2.03. The smallest absolute Gasteiger partial charge is 0.307 e. The first-order valence-electron chi connectivity index (χ1n) is 4.79. The topological polar surface area (TPSA) is 81.5 Å². The van der Waals surface area contributed by atoms with Gasteiger partial charge in [0.2, 0.25) is 0 Å². The van der Waals surface area contributed by atoms with Crippen LogP contribution in [-0.4, -0.2) is 24.5 Å². The van der Waals surface area contributed by atoms with Crippen molar-refractivity contribution in [1.82, 2.24) is 0 Å². The maximum atomic E-state index is 12.9. The third kappa shape index (κ3) is 3.71. The zero-order valence-electron chi connectivity index (χ0n) is 9.10. The number of ether oxygens (including phenoxy) is 1. The fourth-order valence-electron chi connectivity index (χ4n) is 1.21. The van der Waals surface area contributed by atoms with E-state index in [9.17, 15) is 19.3 Å². The van der Waals surface area contributed by atoms with Gasteiger partial charge in [0.05, 0.1) is 18.5 Å². The summed E-state index contributed by atoms with van der Waals surface area (Å²) in [5, 5.41) is 13.3. The molecule has 0 heterocycles. The molecule has 7 heteroatoms. The van der Waals surface area contributed by atoms with Crippen LogP contribution in [0.1, 0.15) is 6.42 Å². The molecule has 0 radical (unpaired) electrons. The highest BCUT2D eigenvalue weighted by molar-refractivity contribution is 5.70. The van der Waals surface area contributed by atoms with Crippen LogP contribution in [0.4, 0.5) is 15.8 Å². The highest BCUT2D eigenvalue weighted by Gasteiger charge is 2.14. The second kappa shape index (κ2) is 5.78. The second-order valence-electron chi connectivity index (χ2n) is 3.17. The van der Waals surface area contributed by atoms with E-state index in [4.69, 9.17) is 0 Å². The number of hydrogen-bond acceptors (Lipinski definition) is 5. The van der Waals surface area contributed by atoms with Gasteiger partial charge >= 0.3 is 5.97 Å². The first-order valence-corrected chi connectivity index (χ1v) is 4.79. The maximum absolute atomic E-state index is 12.9. The fraction of sp³-hybridized carbons (Fsp3) is 0.300. The Morgan fingerprint density at radius 3 is 2.88 bits per heavy atom. The van der Waals surface area contributed by atoms with Crippen LogP contribution in [0.3, 0.4) is 0 Å². The molecule has 1 N–H and O–H groups in total. The highest BCUT2D eigenvalue weighted by atomic mass is 19.1. The van der Waals surface area contributed by atoms with E-state index in [0.717, 1.165) is 18.2 Å². The zero-order chi connectivity index (χ0) is 12.8. The van der Waals surface area contributed by atoms with Crippen molar-refractivity contribution in [2.75, 3.05) is 19.0 Å². The first kappa shape index (κ1) is 12.9. The van der Waals surface area contributed by atoms with Gasteiger partial charge in [0, 0.05) is 18.7 Å². The summed E-state index contributed by atoms with van der Waals surface area (Å²) in [6, 6.07) is 3.08. The Labute approximate surface area is 96.5 Å². The summed E-state index contributed by atoms with van der Waals surface area (Å²) >= 11 is 0. The van der Waals surface area contributed by atoms with Crippen LogP contribution in [0.15, 0.2) is 18.2 Å². The number of carbonyl (C=O) groups excluding carboxylic acids is 1. The molecule has 0 unspecified atom stereocenters. The zero-order valence-corrected chi connectivity index (χ0v) is 9.10. The summed E-state index contributed by atoms with van der Waals surface area (Å²) in [5.41, 5.74) is -0.199. The predicted molar refractivity (Wildman–Crippen MR) is 58.2 cm³/mol. The number of carbonyl (C=O) groups is 1. The first-order chi connectivity index (χ1) is 8.04. The molecule has 0 aliphatic heterocycles. The molecule has 1 rings (SSSR count). The van der Waals surface area contributed by atoms with Gasteiger partial charge in [0.15, 0.2) is 0 Å². The Kier molecular flexibility index (Phi) is 4.38. The highest BCUT2D eigenvalue weighted by Crippen LogP contribution is 2.24. The lowest BCUT2D eigenvalue weighted by Gasteiger charge is -2.06. The molecule has 1 aromatic rings. The van der Waals surface area contributed by atoms with Gasteiger partial charge in [0.25, 0.3) is 5.69 Å². The summed E-state index contributed by atoms with van der Waals surface area (Å²) in [4.78, 5) is 20.8. The van der Waals surface area contributed by atoms with Gasteiger partial charge in [0.1, 0.15) is 11.5 Å². The molecule has 0 aliphatic rings. The van der Waals surface area contributed by atoms with Crippen molar-refractivity contribution >= 4 is 17.3 Å². The normalized spacial score (nSPS) is 9.76. The molecule has 0 saturated heterocycles. The second-order valence-corrected chi connectivity index (χ2v) is 3.17. The van der Waals surface area contributed by atoms with Crippen molar-refractivity contribution in [3.8, 4) is 0 Å². The van der Waals surface area contributed by atoms with E-state index in [1.54, 1.807) is 0 Å². The van der Waals surface area contributed by atoms with E-state index in [-0.39, 0.29) is 24.3 Å². The Balaban J connectivity index is 2.72. The number of nitro groups is 1. The van der Waals surface area contributed by atoms with Crippen molar-refractivity contribution in [3.05, 3.63) is 34.1 Å². The maximum Gasteiger partial charge on any atom is 0.307 e. The molecule has 92 valence electrons. The molecule has 0 atom stereocenters. The van der Waals surface area contributed by atoms with Crippen LogP contribution in [-0.2, 0) is 9.53 Å². The van der Waals surface area contributed by atoms with Gasteiger partial charge in [-0.15, -0.1) is 0 Å². The van der Waals surface area contributed by atoms with Gasteiger partial charge in [-0.3, -0.25) is 14.9 Å². The van der Waals surface area contributed by atoms with E-state index in [2.05, 4.69) is 10.1 Å². The monoisotopic (exact) mass is 242 g/mol. The quantitative estimate of drug-likeness (QED) is 0.483. The predicted octanol–water partition coefficient (Wildman–Crippen LogP) is 1.71. The molecule has 17 heavy (non-hydrogen) atoms. The molecule has 0 fully saturated rings. The van der Waals surface area contributed by atoms with Gasteiger partial charge < -0.3 is 10.1 Å². The average molecular weight is 242 g/mol. The largest absolute Gasteiger partial charge is 0.469 e. The third-order valence-corrected chi connectivity index (χ3v) is 2.03. The Morgan fingerprint density at radius 1 is 1.59 bits per heavy atom. The molecule has 0 aromatic heterocycles. The Bertz CT molecular complexity index is 436. The molecular formula is C10H11FN2O4. The van der Waals surface area contributed by atoms with Crippen molar-refractivity contribution < 1.29 is 18.8 Å². The number of esters is 1. The number of nitrogens with one attached hydrogen (secondary N) is 1. The van der Waals surface area contributed by atoms with E-state index < -0.39 is 16.7 Å². The van der Waals surface area contributed by atoms with Crippen molar-refractivity contribution in [2.45, 2.75) is 6.42 Å². The van der Waals surface area contributed by atoms with Crippen LogP contribution >= 0.6 is 0 Å². The molecule has 0 aliphatic carbocycles. The van der Waals surface area contributed by atoms with E-state index in [1.165, 1.54) is 7.11 Å². The number of hydrogen-bond donors (Lipinski definition) is 1. The van der Waals surface area contributed by atoms with Gasteiger partial charge in [-0.2, -0.15) is 0 Å². The number of nitro benzene ring substituents is 1. The van der Waals surface area contributed by atoms with Crippen LogP contribution in [0.2, 0.25) is 0 Å². The Morgan fingerprint density at radius 2 is 2.29 bits per heavy atom. The van der Waals surface area contributed by atoms with Crippen LogP contribution in [0.25, 0.3) is 0 Å². The summed E-state index contributed by atoms with van der Waals surface area (Å²) in [7, 11) is 1.24. The lowest BCUT2D eigenvalue weighted by atomic mass is 10.2. The number of rotatable bonds is 5. The standard InChI is InChI=1S/C10H11FN2O4/c1-17-10(14)4-5-12-8-6-7(11)2-3-9(8)13(15)16/h2-3,6,12H,4-5H2,1H3. The van der Waals surface area contributed by atoms with Gasteiger partial charge in [-0.25, -0.2) is 4.39 Å². The number of methoxy groups -OCH3 is 1. The van der Waals surface area contributed by atoms with Crippen LogP contribution < -0.4 is 5.32 Å². The molecule has 0 spiro atoms. The van der Waals surface area contributed by atoms with Crippen molar-refractivity contribution in [2.24, 2.45) is 0 Å². The molecule has 6 nitrogen and oxygen atoms in total. The van der Waals surface area contributed by atoms with Crippen LogP contribution in [0.5, 0.6) is 0 Å². The SMILES string of the molecule is COC(=O)CCNc1cc(F)ccc1[N+](=O)[O-]. The minimum atomic E-state index is -0.625. The summed E-state index contributed by atoms with van der Waals surface area (Å²) in [5.74, 6) is -1.03. The fourth-order valence-corrected chi connectivity index (χ4v) is 1.21. The molecule has 0 bridgehead atoms. The minimum Gasteiger partial charge on any atom is -0.469 e. The summed E-state index contributed by atoms with van der Waals surface area (Å²) in [6.45, 7) is 0.136. The molecule has 0 saturated carbocycles. The summed E-state index contributed by atoms with van der Waals surface area (Å²) < 4.78 is 17.3. The number of anilines is 1. The van der Waals surface area contributed by atoms with Crippen LogP contribution in [0, 0.1) is 15.9 Å². The lowest BCUT2D eigenvalue weighted by molar-refractivity contribution is -0.384. The summed E-state index contributed by atoms with van der Waals surface area (Å²) in [6.07, 6.45) is 0.0458. The van der Waals surface area contributed by atoms with Crippen molar-refractivity contribution in [3.63, 3.8) is 0 Å². The van der Waals surface area contributed by atoms with E-state index in [0.29, 0.717) is 0 Å². The van der Waals surface area contributed by atoms with Gasteiger partial charge in [-0.1, -0.05) is 0 Å². The van der Waals surface area contributed by atoms with E-state index >= 15 is 0 Å². The molecule has 0 amide bonds. The average Bonchev–Trinajstić information content (AvgIpc) is 2.28. The van der Waals surface area contributed by atoms with E-state index in [1.807, 2.05) is 0 Å². The van der Waals surface area contributed by atoms with Crippen molar-refractivity contribution in [1.29, 1.82) is 0 Å². The number of nitrogens with zero attached hydrogens (tertiary/aromatic N) is 1.